The Kier molecular flexibility index (Phi) is 9.55. The summed E-state index contributed by atoms with van der Waals surface area (Å²) < 4.78 is 1.90. The Labute approximate surface area is 197 Å². The van der Waals surface area contributed by atoms with Crippen LogP contribution in [0.5, 0.6) is 0 Å². The molecular weight excluding hydrogens is 442 g/mol. The maximum atomic E-state index is 12.9. The molecule has 0 aliphatic carbocycles. The van der Waals surface area contributed by atoms with Crippen molar-refractivity contribution in [3.05, 3.63) is 30.0 Å². The molecular formula is C23H33N5O6. The van der Waals surface area contributed by atoms with Crippen LogP contribution in [0.4, 0.5) is 0 Å². The predicted molar refractivity (Wildman–Crippen MR) is 126 cm³/mol. The number of nitrogens with zero attached hydrogens (tertiary/aromatic N) is 2. The third-order valence-corrected chi connectivity index (χ3v) is 5.37. The molecule has 2 aromatic rings. The van der Waals surface area contributed by atoms with E-state index in [0.29, 0.717) is 18.3 Å². The molecule has 5 N–H and O–H groups in total. The molecule has 1 aromatic carbocycles. The highest BCUT2D eigenvalue weighted by molar-refractivity contribution is 6.27. The highest BCUT2D eigenvalue weighted by Crippen LogP contribution is 2.22. The molecule has 2 heterocycles. The van der Waals surface area contributed by atoms with Crippen molar-refractivity contribution in [2.24, 2.45) is 5.92 Å². The van der Waals surface area contributed by atoms with Crippen molar-refractivity contribution in [1.82, 2.24) is 25.7 Å². The van der Waals surface area contributed by atoms with E-state index in [4.69, 9.17) is 19.8 Å². The molecule has 0 saturated carbocycles. The number of carboxylic acid groups (broad SMARTS) is 2. The molecule has 34 heavy (non-hydrogen) atoms. The van der Waals surface area contributed by atoms with Gasteiger partial charge < -0.3 is 26.2 Å². The van der Waals surface area contributed by atoms with Gasteiger partial charge in [-0.3, -0.25) is 14.3 Å². The standard InChI is InChI=1S/C21H31N5O2.C2H2O4/c1-13(2)20(27)22-10-9-15-11-16(12-23-15)24-21(28)19-17-7-5-6-8-18(17)26(25-19)14(3)4;3-1(4)2(5)6/h5-8,13-16,23H,9-12H2,1-4H3,(H,22,27)(H,24,28);(H,3,4)(H,5,6)/t15-,16+;/m1./s1. The quantitative estimate of drug-likeness (QED) is 0.375. The Morgan fingerprint density at radius 3 is 2.35 bits per heavy atom. The van der Waals surface area contributed by atoms with Gasteiger partial charge >= 0.3 is 11.9 Å². The van der Waals surface area contributed by atoms with Crippen LogP contribution >= 0.6 is 0 Å². The van der Waals surface area contributed by atoms with Crippen LogP contribution in [0.25, 0.3) is 10.9 Å². The number of carboxylic acids is 2. The van der Waals surface area contributed by atoms with Gasteiger partial charge in [0.2, 0.25) is 5.91 Å². The number of carbonyl (C=O) groups excluding carboxylic acids is 2. The van der Waals surface area contributed by atoms with Gasteiger partial charge in [-0.05, 0) is 32.8 Å². The van der Waals surface area contributed by atoms with Gasteiger partial charge in [0.05, 0.1) is 5.52 Å². The normalized spacial score (nSPS) is 17.4. The zero-order valence-corrected chi connectivity index (χ0v) is 19.9. The van der Waals surface area contributed by atoms with Gasteiger partial charge in [0.25, 0.3) is 5.91 Å². The topological polar surface area (TPSA) is 163 Å². The Balaban J connectivity index is 0.000000604. The third kappa shape index (κ3) is 7.27. The van der Waals surface area contributed by atoms with Crippen molar-refractivity contribution in [2.45, 2.75) is 58.7 Å². The molecule has 11 nitrogen and oxygen atoms in total. The summed E-state index contributed by atoms with van der Waals surface area (Å²) in [5.74, 6) is -3.69. The number of benzene rings is 1. The van der Waals surface area contributed by atoms with E-state index in [-0.39, 0.29) is 29.8 Å². The molecule has 2 atom stereocenters. The Morgan fingerprint density at radius 2 is 1.76 bits per heavy atom. The number of hydrogen-bond acceptors (Lipinski definition) is 6. The average Bonchev–Trinajstić information content (AvgIpc) is 3.38. The molecule has 186 valence electrons. The molecule has 1 saturated heterocycles. The number of rotatable bonds is 7. The number of hydrogen-bond donors (Lipinski definition) is 5. The summed E-state index contributed by atoms with van der Waals surface area (Å²) in [6.45, 7) is 9.28. The summed E-state index contributed by atoms with van der Waals surface area (Å²) >= 11 is 0. The SMILES string of the molecule is CC(C)C(=O)NCC[C@@H]1C[C@H](NC(=O)c2nn(C(C)C)c3ccccc23)CN1.O=C(O)C(=O)O. The average molecular weight is 476 g/mol. The molecule has 1 aliphatic rings. The van der Waals surface area contributed by atoms with Crippen molar-refractivity contribution < 1.29 is 29.4 Å². The number of nitrogens with one attached hydrogen (secondary N) is 3. The fourth-order valence-electron chi connectivity index (χ4n) is 3.63. The fourth-order valence-corrected chi connectivity index (χ4v) is 3.63. The highest BCUT2D eigenvalue weighted by atomic mass is 16.4. The number of amides is 2. The molecule has 1 aliphatic heterocycles. The molecule has 0 bridgehead atoms. The van der Waals surface area contributed by atoms with E-state index in [1.165, 1.54) is 0 Å². The summed E-state index contributed by atoms with van der Waals surface area (Å²) in [7, 11) is 0. The third-order valence-electron chi connectivity index (χ3n) is 5.37. The second-order valence-corrected chi connectivity index (χ2v) is 8.76. The summed E-state index contributed by atoms with van der Waals surface area (Å²) in [4.78, 5) is 42.7. The number of aromatic nitrogens is 2. The molecule has 0 unspecified atom stereocenters. The van der Waals surface area contributed by atoms with Crippen LogP contribution in [0.3, 0.4) is 0 Å². The van der Waals surface area contributed by atoms with Crippen LogP contribution in [-0.2, 0) is 14.4 Å². The van der Waals surface area contributed by atoms with Gasteiger partial charge in [-0.15, -0.1) is 0 Å². The fraction of sp³-hybridized carbons (Fsp3) is 0.522. The van der Waals surface area contributed by atoms with E-state index in [1.54, 1.807) is 0 Å². The molecule has 0 spiro atoms. The second-order valence-electron chi connectivity index (χ2n) is 8.76. The second kappa shape index (κ2) is 12.1. The van der Waals surface area contributed by atoms with Crippen LogP contribution in [0.15, 0.2) is 24.3 Å². The molecule has 11 heteroatoms. The molecule has 3 rings (SSSR count). The minimum atomic E-state index is -1.82. The van der Waals surface area contributed by atoms with Crippen LogP contribution in [0, 0.1) is 5.92 Å². The Hall–Kier alpha value is -3.47. The zero-order chi connectivity index (χ0) is 25.4. The lowest BCUT2D eigenvalue weighted by molar-refractivity contribution is -0.159. The summed E-state index contributed by atoms with van der Waals surface area (Å²) in [5, 5.41) is 29.7. The van der Waals surface area contributed by atoms with Gasteiger partial charge in [0, 0.05) is 42.5 Å². The summed E-state index contributed by atoms with van der Waals surface area (Å²) in [5.41, 5.74) is 1.46. The molecule has 2 amide bonds. The number of aliphatic carboxylic acids is 2. The first-order chi connectivity index (χ1) is 16.0. The minimum absolute atomic E-state index is 0.00374. The minimum Gasteiger partial charge on any atom is -0.473 e. The summed E-state index contributed by atoms with van der Waals surface area (Å²) in [6.07, 6.45) is 1.71. The van der Waals surface area contributed by atoms with Crippen LogP contribution < -0.4 is 16.0 Å². The zero-order valence-electron chi connectivity index (χ0n) is 19.9. The van der Waals surface area contributed by atoms with Crippen molar-refractivity contribution in [2.75, 3.05) is 13.1 Å². The van der Waals surface area contributed by atoms with Crippen molar-refractivity contribution in [1.29, 1.82) is 0 Å². The maximum absolute atomic E-state index is 12.9. The first kappa shape index (κ1) is 26.8. The molecule has 1 aromatic heterocycles. The van der Waals surface area contributed by atoms with Crippen molar-refractivity contribution in [3.8, 4) is 0 Å². The predicted octanol–water partition coefficient (Wildman–Crippen LogP) is 1.40. The van der Waals surface area contributed by atoms with Gasteiger partial charge in [0.1, 0.15) is 0 Å². The van der Waals surface area contributed by atoms with Crippen molar-refractivity contribution >= 4 is 34.7 Å². The monoisotopic (exact) mass is 475 g/mol. The Bertz CT molecular complexity index is 1020. The number of fused-ring (bicyclic) bond motifs is 1. The van der Waals surface area contributed by atoms with Gasteiger partial charge in [-0.2, -0.15) is 5.10 Å². The lowest BCUT2D eigenvalue weighted by atomic mass is 10.1. The van der Waals surface area contributed by atoms with Gasteiger partial charge in [-0.1, -0.05) is 32.0 Å². The van der Waals surface area contributed by atoms with Crippen LogP contribution in [0.2, 0.25) is 0 Å². The van der Waals surface area contributed by atoms with E-state index in [0.717, 1.165) is 30.3 Å². The molecule has 1 fully saturated rings. The number of para-hydroxylation sites is 1. The summed E-state index contributed by atoms with van der Waals surface area (Å²) in [6, 6.07) is 8.40. The highest BCUT2D eigenvalue weighted by Gasteiger charge is 2.27. The number of carbonyl (C=O) groups is 4. The lowest BCUT2D eigenvalue weighted by Gasteiger charge is -2.13. The van der Waals surface area contributed by atoms with E-state index in [1.807, 2.05) is 42.8 Å². The van der Waals surface area contributed by atoms with Crippen LogP contribution in [0.1, 0.15) is 57.1 Å². The van der Waals surface area contributed by atoms with E-state index < -0.39 is 11.9 Å². The Morgan fingerprint density at radius 1 is 1.12 bits per heavy atom. The van der Waals surface area contributed by atoms with E-state index in [9.17, 15) is 9.59 Å². The van der Waals surface area contributed by atoms with E-state index in [2.05, 4.69) is 34.9 Å². The van der Waals surface area contributed by atoms with Crippen LogP contribution in [-0.4, -0.2) is 68.9 Å². The largest absolute Gasteiger partial charge is 0.473 e. The first-order valence-electron chi connectivity index (χ1n) is 11.3. The van der Waals surface area contributed by atoms with Gasteiger partial charge in [-0.25, -0.2) is 9.59 Å². The first-order valence-corrected chi connectivity index (χ1v) is 11.3. The molecule has 0 radical (unpaired) electrons. The smallest absolute Gasteiger partial charge is 0.414 e. The lowest BCUT2D eigenvalue weighted by Crippen LogP contribution is -2.36. The van der Waals surface area contributed by atoms with E-state index >= 15 is 0 Å². The van der Waals surface area contributed by atoms with Gasteiger partial charge in [0.15, 0.2) is 5.69 Å². The maximum Gasteiger partial charge on any atom is 0.414 e. The van der Waals surface area contributed by atoms with Crippen molar-refractivity contribution in [3.63, 3.8) is 0 Å².